The van der Waals surface area contributed by atoms with Crippen molar-refractivity contribution in [1.82, 2.24) is 68.0 Å². The number of nitrogens with two attached hydrogens (primary N) is 5. The zero-order chi connectivity index (χ0) is 69.5. The molecule has 0 aliphatic carbocycles. The predicted octanol–water partition coefficient (Wildman–Crippen LogP) is -10.4. The molecule has 0 radical (unpaired) electrons. The number of rotatable bonds is 43. The van der Waals surface area contributed by atoms with Gasteiger partial charge in [0, 0.05) is 44.1 Å². The van der Waals surface area contributed by atoms with Gasteiger partial charge in [-0.3, -0.25) is 67.1 Å². The predicted molar refractivity (Wildman–Crippen MR) is 318 cm³/mol. The van der Waals surface area contributed by atoms with Gasteiger partial charge in [-0.1, -0.05) is 13.8 Å². The fourth-order valence-corrected chi connectivity index (χ4v) is 9.14. The number of hydrogen-bond acceptors (Lipinski definition) is 22. The number of aliphatic hydroxyl groups excluding tert-OH is 4. The summed E-state index contributed by atoms with van der Waals surface area (Å²) in [4.78, 5) is 205. The van der Waals surface area contributed by atoms with Crippen molar-refractivity contribution in [2.45, 2.75) is 190 Å². The molecule has 1 aliphatic heterocycles. The van der Waals surface area contributed by atoms with Gasteiger partial charge in [-0.15, -0.1) is 0 Å². The Bertz CT molecular complexity index is 2720. The number of H-pyrrole nitrogens is 1. The van der Waals surface area contributed by atoms with E-state index in [1.165, 1.54) is 12.5 Å². The number of primary amides is 3. The van der Waals surface area contributed by atoms with Crippen LogP contribution in [0.5, 0.6) is 0 Å². The topological polar surface area (TPSA) is 640 Å². The number of carboxylic acid groups (broad SMARTS) is 1. The van der Waals surface area contributed by atoms with Crippen molar-refractivity contribution in [3.05, 3.63) is 18.2 Å². The molecule has 1 fully saturated rings. The molecule has 1 aliphatic rings. The number of carboxylic acids is 1. The molecule has 1 aromatic rings. The minimum absolute atomic E-state index is 0.0451. The average Bonchev–Trinajstić information content (AvgIpc) is 2.39. The summed E-state index contributed by atoms with van der Waals surface area (Å²) in [6, 6.07) is -19.3. The Morgan fingerprint density at radius 2 is 0.989 bits per heavy atom. The smallest absolute Gasteiger partial charge is 0.326 e. The number of carbonyl (C=O) groups is 15. The number of unbranched alkanes of at least 4 members (excludes halogenated alkanes) is 1. The Kier molecular flexibility index (Phi) is 34.4. The number of nitrogens with zero attached hydrogens (tertiary/aromatic N) is 2. The molecule has 1 saturated heterocycles. The molecule has 92 heavy (non-hydrogen) atoms. The van der Waals surface area contributed by atoms with E-state index in [2.05, 4.69) is 63.1 Å². The standard InChI is InChI=1S/C54H90N18O20/c1-25(2)18-34(48(85)70-37(23-75)50(87)64-30(8-5-6-16-55)46(83)66-33(12-15-41(59)79)53(90)72-17-7-9-38(72)54(91)92)67-51(88)36(22-74)69-43(80)26(3)62-45(82)31(10-13-39(57)77)65-49(86)35(19-28-20-60-24-61-28)68-52(89)42(27(4)76)71-47(84)32(11-14-40(58)78)63-44(81)29(56)21-73/h20,24-27,29-38,42,73-76H,5-19,21-23,55-56H2,1-4H3,(H2,57,77)(H2,58,78)(H2,59,79)(H,60,61)(H,62,82)(H,63,81)(H,64,87)(H,65,86)(H,66,83)(H,67,88)(H,68,89)(H,69,80)(H,70,85)(H,71,84)(H,91,92)/t26-,27+,29-,30-,31-,32-,33-,34-,35-,36-,37-,38-,42-/m0/s1. The van der Waals surface area contributed by atoms with Crippen LogP contribution in [0.25, 0.3) is 0 Å². The van der Waals surface area contributed by atoms with E-state index in [1.807, 2.05) is 0 Å². The molecule has 0 aromatic carbocycles. The molecule has 0 saturated carbocycles. The first-order valence-corrected chi connectivity index (χ1v) is 29.6. The third-order valence-electron chi connectivity index (χ3n) is 14.3. The summed E-state index contributed by atoms with van der Waals surface area (Å²) in [6.45, 7) is 2.72. The van der Waals surface area contributed by atoms with E-state index in [0.717, 1.165) is 18.7 Å². The van der Waals surface area contributed by atoms with Crippen molar-refractivity contribution in [3.8, 4) is 0 Å². The fourth-order valence-electron chi connectivity index (χ4n) is 9.14. The molecule has 13 atom stereocenters. The minimum Gasteiger partial charge on any atom is -0.480 e. The molecule has 26 N–H and O–H groups in total. The zero-order valence-corrected chi connectivity index (χ0v) is 51.6. The number of aliphatic hydroxyl groups is 4. The van der Waals surface area contributed by atoms with Gasteiger partial charge in [0.2, 0.25) is 82.7 Å². The number of amides is 14. The lowest BCUT2D eigenvalue weighted by atomic mass is 10.0. The first-order valence-electron chi connectivity index (χ1n) is 29.6. The van der Waals surface area contributed by atoms with Gasteiger partial charge in [-0.25, -0.2) is 9.78 Å². The van der Waals surface area contributed by atoms with Gasteiger partial charge >= 0.3 is 5.97 Å². The maximum absolute atomic E-state index is 14.1. The Morgan fingerprint density at radius 1 is 0.554 bits per heavy atom. The van der Waals surface area contributed by atoms with Crippen molar-refractivity contribution < 1.29 is 97.5 Å². The molecule has 38 heteroatoms. The first kappa shape index (κ1) is 79.1. The van der Waals surface area contributed by atoms with E-state index in [9.17, 15) is 97.5 Å². The normalized spacial score (nSPS) is 16.7. The average molecular weight is 1310 g/mol. The van der Waals surface area contributed by atoms with E-state index in [1.54, 1.807) is 13.8 Å². The van der Waals surface area contributed by atoms with Crippen molar-refractivity contribution in [2.75, 3.05) is 32.9 Å². The fraction of sp³-hybridized carbons (Fsp3) is 0.667. The summed E-state index contributed by atoms with van der Waals surface area (Å²) in [5.41, 5.74) is 27.3. The van der Waals surface area contributed by atoms with E-state index >= 15 is 0 Å². The molecular weight excluding hydrogens is 1220 g/mol. The maximum Gasteiger partial charge on any atom is 0.326 e. The molecule has 2 rings (SSSR count). The Morgan fingerprint density at radius 3 is 1.47 bits per heavy atom. The van der Waals surface area contributed by atoms with Crippen LogP contribution in [0.4, 0.5) is 0 Å². The van der Waals surface area contributed by atoms with Gasteiger partial charge in [0.15, 0.2) is 0 Å². The second-order valence-electron chi connectivity index (χ2n) is 22.3. The highest BCUT2D eigenvalue weighted by Crippen LogP contribution is 2.20. The largest absolute Gasteiger partial charge is 0.480 e. The van der Waals surface area contributed by atoms with E-state index < -0.39 is 219 Å². The van der Waals surface area contributed by atoms with E-state index in [-0.39, 0.29) is 63.2 Å². The number of likely N-dealkylation sites (tertiary alicyclic amines) is 1. The van der Waals surface area contributed by atoms with Gasteiger partial charge in [0.25, 0.3) is 0 Å². The SMILES string of the molecule is CC(C)C[C@H](NC(=O)[C@H](CO)NC(=O)[C@H](C)NC(=O)[C@H](CCC(N)=O)NC(=O)[C@H](Cc1cnc[nH]1)NC(=O)[C@@H](NC(=O)[C@H](CCC(N)=O)NC(=O)[C@@H](N)CO)[C@@H](C)O)C(=O)N[C@@H](CO)C(=O)N[C@@H](CCCCN)C(=O)N[C@@H](CCC(N)=O)C(=O)N1CCC[C@H]1C(=O)O. The van der Waals surface area contributed by atoms with Crippen molar-refractivity contribution >= 4 is 88.7 Å². The molecule has 516 valence electrons. The van der Waals surface area contributed by atoms with Crippen molar-refractivity contribution in [3.63, 3.8) is 0 Å². The molecule has 0 bridgehead atoms. The van der Waals surface area contributed by atoms with Crippen LogP contribution in [0.15, 0.2) is 12.5 Å². The summed E-state index contributed by atoms with van der Waals surface area (Å²) in [7, 11) is 0. The number of aromatic amines is 1. The second-order valence-corrected chi connectivity index (χ2v) is 22.3. The third kappa shape index (κ3) is 27.2. The monoisotopic (exact) mass is 1310 g/mol. The molecule has 14 amide bonds. The summed E-state index contributed by atoms with van der Waals surface area (Å²) < 4.78 is 0. The Balaban J connectivity index is 2.31. The second kappa shape index (κ2) is 40.0. The zero-order valence-electron chi connectivity index (χ0n) is 51.6. The summed E-state index contributed by atoms with van der Waals surface area (Å²) >= 11 is 0. The van der Waals surface area contributed by atoms with Gasteiger partial charge in [0.1, 0.15) is 72.5 Å². The Labute approximate surface area is 528 Å². The Hall–Kier alpha value is -8.98. The van der Waals surface area contributed by atoms with Gasteiger partial charge < -0.3 is 117 Å². The summed E-state index contributed by atoms with van der Waals surface area (Å²) in [5.74, 6) is -16.2. The molecule has 0 unspecified atom stereocenters. The van der Waals surface area contributed by atoms with Gasteiger partial charge in [-0.05, 0) is 84.1 Å². The summed E-state index contributed by atoms with van der Waals surface area (Å²) in [6.07, 6.45) is -1.41. The number of aliphatic carboxylic acids is 1. The minimum atomic E-state index is -1.88. The molecule has 1 aromatic heterocycles. The van der Waals surface area contributed by atoms with Crippen LogP contribution < -0.4 is 81.8 Å². The van der Waals surface area contributed by atoms with Gasteiger partial charge in [0.05, 0.1) is 32.3 Å². The first-order chi connectivity index (χ1) is 43.3. The van der Waals surface area contributed by atoms with Crippen LogP contribution >= 0.6 is 0 Å². The van der Waals surface area contributed by atoms with Crippen LogP contribution in [0.2, 0.25) is 0 Å². The molecule has 38 nitrogen and oxygen atoms in total. The lowest BCUT2D eigenvalue weighted by Gasteiger charge is -2.29. The molecule has 2 heterocycles. The van der Waals surface area contributed by atoms with Crippen LogP contribution in [-0.2, 0) is 78.3 Å². The molecule has 0 spiro atoms. The highest BCUT2D eigenvalue weighted by Gasteiger charge is 2.40. The van der Waals surface area contributed by atoms with Crippen LogP contribution in [0, 0.1) is 5.92 Å². The van der Waals surface area contributed by atoms with Crippen LogP contribution in [0.3, 0.4) is 0 Å². The lowest BCUT2D eigenvalue weighted by Crippen LogP contribution is -2.62. The van der Waals surface area contributed by atoms with Crippen molar-refractivity contribution in [1.29, 1.82) is 0 Å². The van der Waals surface area contributed by atoms with E-state index in [4.69, 9.17) is 28.7 Å². The highest BCUT2D eigenvalue weighted by atomic mass is 16.4. The maximum atomic E-state index is 14.1. The van der Waals surface area contributed by atoms with Crippen LogP contribution in [0.1, 0.15) is 110 Å². The number of imidazole rings is 1. The van der Waals surface area contributed by atoms with E-state index in [0.29, 0.717) is 12.8 Å². The van der Waals surface area contributed by atoms with Crippen molar-refractivity contribution in [2.24, 2.45) is 34.6 Å². The number of nitrogens with one attached hydrogen (secondary N) is 11. The molecular formula is C54H90N18O20. The van der Waals surface area contributed by atoms with Gasteiger partial charge in [-0.2, -0.15) is 0 Å². The quantitative estimate of drug-likeness (QED) is 0.0270. The number of carbonyl (C=O) groups excluding carboxylic acids is 14. The third-order valence-corrected chi connectivity index (χ3v) is 14.3. The highest BCUT2D eigenvalue weighted by molar-refractivity contribution is 6.00. The van der Waals surface area contributed by atoms with Crippen LogP contribution in [-0.4, -0.2) is 241 Å². The number of hydrogen-bond donors (Lipinski definition) is 21. The summed E-state index contributed by atoms with van der Waals surface area (Å²) in [5, 5.41) is 73.6. The number of aromatic nitrogens is 2. The lowest BCUT2D eigenvalue weighted by molar-refractivity contribution is -0.149.